The van der Waals surface area contributed by atoms with Crippen molar-refractivity contribution in [3.8, 4) is 0 Å². The van der Waals surface area contributed by atoms with E-state index in [0.29, 0.717) is 11.9 Å². The monoisotopic (exact) mass is 237 g/mol. The lowest BCUT2D eigenvalue weighted by Gasteiger charge is -2.22. The van der Waals surface area contributed by atoms with E-state index in [9.17, 15) is 0 Å². The van der Waals surface area contributed by atoms with Gasteiger partial charge in [0, 0.05) is 19.2 Å². The van der Waals surface area contributed by atoms with Gasteiger partial charge in [-0.3, -0.25) is 0 Å². The van der Waals surface area contributed by atoms with Crippen LogP contribution in [0.5, 0.6) is 0 Å². The molecule has 1 aromatic rings. The summed E-state index contributed by atoms with van der Waals surface area (Å²) in [5, 5.41) is 3.24. The quantitative estimate of drug-likeness (QED) is 0.526. The molecular weight excluding hydrogens is 218 g/mol. The van der Waals surface area contributed by atoms with E-state index in [1.54, 1.807) is 6.07 Å². The number of hydrazine groups is 1. The van der Waals surface area contributed by atoms with Gasteiger partial charge in [-0.1, -0.05) is 0 Å². The minimum absolute atomic E-state index is 0.394. The van der Waals surface area contributed by atoms with Crippen molar-refractivity contribution in [1.29, 1.82) is 0 Å². The Labute approximate surface area is 101 Å². The maximum atomic E-state index is 5.66. The van der Waals surface area contributed by atoms with Crippen LogP contribution >= 0.6 is 0 Å². The molecule has 0 saturated carbocycles. The van der Waals surface area contributed by atoms with Gasteiger partial charge in [0.25, 0.3) is 0 Å². The molecule has 17 heavy (non-hydrogen) atoms. The highest BCUT2D eigenvalue weighted by atomic mass is 16.5. The Morgan fingerprint density at radius 2 is 2.24 bits per heavy atom. The molecule has 94 valence electrons. The van der Waals surface area contributed by atoms with E-state index in [1.807, 2.05) is 0 Å². The van der Waals surface area contributed by atoms with Gasteiger partial charge in [0.1, 0.15) is 18.0 Å². The second kappa shape index (κ2) is 6.36. The van der Waals surface area contributed by atoms with Gasteiger partial charge in [0.05, 0.1) is 6.10 Å². The minimum Gasteiger partial charge on any atom is -0.378 e. The Bertz CT molecular complexity index is 340. The number of aromatic nitrogens is 2. The molecule has 1 saturated heterocycles. The van der Waals surface area contributed by atoms with E-state index < -0.39 is 0 Å². The van der Waals surface area contributed by atoms with Gasteiger partial charge in [-0.15, -0.1) is 0 Å². The lowest BCUT2D eigenvalue weighted by Crippen LogP contribution is -2.22. The largest absolute Gasteiger partial charge is 0.378 e. The maximum absolute atomic E-state index is 5.66. The molecule has 6 nitrogen and oxygen atoms in total. The highest BCUT2D eigenvalue weighted by molar-refractivity contribution is 5.45. The first-order valence-corrected chi connectivity index (χ1v) is 6.02. The van der Waals surface area contributed by atoms with E-state index in [2.05, 4.69) is 20.7 Å². The molecular formula is C11H19N5O. The summed E-state index contributed by atoms with van der Waals surface area (Å²) in [5.41, 5.74) is 2.49. The number of nitrogens with one attached hydrogen (secondary N) is 2. The number of hydrogen-bond donors (Lipinski definition) is 3. The molecule has 1 aliphatic rings. The highest BCUT2D eigenvalue weighted by Crippen LogP contribution is 2.15. The molecule has 0 bridgehead atoms. The Morgan fingerprint density at radius 3 is 3.00 bits per heavy atom. The molecule has 0 aliphatic carbocycles. The van der Waals surface area contributed by atoms with Crippen molar-refractivity contribution in [2.24, 2.45) is 5.84 Å². The van der Waals surface area contributed by atoms with Crippen molar-refractivity contribution in [2.45, 2.75) is 31.8 Å². The third-order valence-electron chi connectivity index (χ3n) is 2.86. The van der Waals surface area contributed by atoms with Crippen LogP contribution in [0, 0.1) is 0 Å². The number of anilines is 2. The fourth-order valence-electron chi connectivity index (χ4n) is 1.93. The number of ether oxygens (including phenoxy) is 1. The molecule has 4 N–H and O–H groups in total. The normalized spacial score (nSPS) is 19.9. The van der Waals surface area contributed by atoms with E-state index in [1.165, 1.54) is 25.6 Å². The molecule has 2 heterocycles. The van der Waals surface area contributed by atoms with Crippen molar-refractivity contribution >= 4 is 11.6 Å². The summed E-state index contributed by atoms with van der Waals surface area (Å²) < 4.78 is 5.66. The molecule has 0 aromatic carbocycles. The highest BCUT2D eigenvalue weighted by Gasteiger charge is 2.12. The van der Waals surface area contributed by atoms with E-state index in [4.69, 9.17) is 10.6 Å². The lowest BCUT2D eigenvalue weighted by molar-refractivity contribution is 0.0134. The second-order valence-corrected chi connectivity index (χ2v) is 4.14. The molecule has 0 radical (unpaired) electrons. The molecule has 1 unspecified atom stereocenters. The van der Waals surface area contributed by atoms with Gasteiger partial charge in [-0.2, -0.15) is 0 Å². The molecule has 6 heteroatoms. The average molecular weight is 237 g/mol. The minimum atomic E-state index is 0.394. The summed E-state index contributed by atoms with van der Waals surface area (Å²) in [6.45, 7) is 1.76. The van der Waals surface area contributed by atoms with Gasteiger partial charge in [-0.25, -0.2) is 15.8 Å². The van der Waals surface area contributed by atoms with Crippen LogP contribution in [-0.2, 0) is 4.74 Å². The predicted octanol–water partition coefficient (Wildman–Crippen LogP) is 1.13. The topological polar surface area (TPSA) is 85.1 Å². The van der Waals surface area contributed by atoms with Crippen molar-refractivity contribution < 1.29 is 4.74 Å². The van der Waals surface area contributed by atoms with Crippen LogP contribution in [0.3, 0.4) is 0 Å². The summed E-state index contributed by atoms with van der Waals surface area (Å²) in [4.78, 5) is 8.06. The average Bonchev–Trinajstić information content (AvgIpc) is 2.40. The van der Waals surface area contributed by atoms with Crippen LogP contribution in [0.25, 0.3) is 0 Å². The third kappa shape index (κ3) is 3.83. The zero-order valence-electron chi connectivity index (χ0n) is 9.85. The SMILES string of the molecule is NNc1cc(NCCC2CCCCO2)ncn1. The van der Waals surface area contributed by atoms with Gasteiger partial charge in [0.2, 0.25) is 0 Å². The fraction of sp³-hybridized carbons (Fsp3) is 0.636. The number of hydrogen-bond acceptors (Lipinski definition) is 6. The van der Waals surface area contributed by atoms with Crippen LogP contribution in [-0.4, -0.2) is 29.2 Å². The Kier molecular flexibility index (Phi) is 4.52. The summed E-state index contributed by atoms with van der Waals surface area (Å²) in [6, 6.07) is 1.78. The standard InChI is InChI=1S/C11H19N5O/c12-16-11-7-10(14-8-15-11)13-5-4-9-3-1-2-6-17-9/h7-9H,1-6,12H2,(H2,13,14,15,16). The van der Waals surface area contributed by atoms with Crippen molar-refractivity contribution in [1.82, 2.24) is 9.97 Å². The summed E-state index contributed by atoms with van der Waals surface area (Å²) in [5.74, 6) is 6.67. The first-order valence-electron chi connectivity index (χ1n) is 6.02. The van der Waals surface area contributed by atoms with Crippen molar-refractivity contribution in [3.05, 3.63) is 12.4 Å². The summed E-state index contributed by atoms with van der Waals surface area (Å²) >= 11 is 0. The van der Waals surface area contributed by atoms with Crippen molar-refractivity contribution in [2.75, 3.05) is 23.9 Å². The molecule has 2 rings (SSSR count). The second-order valence-electron chi connectivity index (χ2n) is 4.14. The first kappa shape index (κ1) is 12.1. The Hall–Kier alpha value is -1.40. The maximum Gasteiger partial charge on any atom is 0.145 e. The lowest BCUT2D eigenvalue weighted by atomic mass is 10.1. The van der Waals surface area contributed by atoms with E-state index in [-0.39, 0.29) is 0 Å². The fourth-order valence-corrected chi connectivity index (χ4v) is 1.93. The molecule has 1 aliphatic heterocycles. The summed E-state index contributed by atoms with van der Waals surface area (Å²) in [6.07, 6.45) is 6.52. The van der Waals surface area contributed by atoms with Crippen molar-refractivity contribution in [3.63, 3.8) is 0 Å². The molecule has 0 amide bonds. The van der Waals surface area contributed by atoms with Gasteiger partial charge in [0.15, 0.2) is 0 Å². The molecule has 1 fully saturated rings. The number of nitrogens with zero attached hydrogens (tertiary/aromatic N) is 2. The zero-order valence-corrected chi connectivity index (χ0v) is 9.85. The zero-order chi connectivity index (χ0) is 11.9. The molecule has 1 aromatic heterocycles. The van der Waals surface area contributed by atoms with Gasteiger partial charge < -0.3 is 15.5 Å². The van der Waals surface area contributed by atoms with Crippen LogP contribution in [0.4, 0.5) is 11.6 Å². The summed E-state index contributed by atoms with van der Waals surface area (Å²) in [7, 11) is 0. The predicted molar refractivity (Wildman–Crippen MR) is 66.5 cm³/mol. The molecule has 0 spiro atoms. The van der Waals surface area contributed by atoms with Crippen LogP contribution in [0.1, 0.15) is 25.7 Å². The van der Waals surface area contributed by atoms with Gasteiger partial charge >= 0.3 is 0 Å². The van der Waals surface area contributed by atoms with Crippen LogP contribution in [0.2, 0.25) is 0 Å². The Morgan fingerprint density at radius 1 is 1.35 bits per heavy atom. The number of rotatable bonds is 5. The molecule has 1 atom stereocenters. The first-order chi connectivity index (χ1) is 8.38. The smallest absolute Gasteiger partial charge is 0.145 e. The van der Waals surface area contributed by atoms with E-state index >= 15 is 0 Å². The Balaban J connectivity index is 1.73. The van der Waals surface area contributed by atoms with Crippen LogP contribution < -0.4 is 16.6 Å². The number of nitrogen functional groups attached to an aromatic ring is 1. The van der Waals surface area contributed by atoms with E-state index in [0.717, 1.165) is 25.4 Å². The van der Waals surface area contributed by atoms with Gasteiger partial charge in [-0.05, 0) is 25.7 Å². The number of nitrogens with two attached hydrogens (primary N) is 1. The third-order valence-corrected chi connectivity index (χ3v) is 2.86. The van der Waals surface area contributed by atoms with Crippen LogP contribution in [0.15, 0.2) is 12.4 Å².